The maximum absolute atomic E-state index is 13.7. The van der Waals surface area contributed by atoms with Crippen LogP contribution in [0.3, 0.4) is 0 Å². The van der Waals surface area contributed by atoms with Crippen molar-refractivity contribution in [1.29, 1.82) is 0 Å². The standard InChI is InChI=1S/C22H25FN4O2.ClH/c1-15-20(13-24-11-16-12-25-14-21(16)28)22(29-19-9-5-6-17(23)10-19)27(26-15)18-7-3-2-4-8-18;/h2-10,16,21,24-25,28H,11-14H2,1H3;1H. The maximum Gasteiger partial charge on any atom is 0.227 e. The third kappa shape index (κ3) is 4.99. The number of hydrogen-bond donors (Lipinski definition) is 3. The van der Waals surface area contributed by atoms with Crippen molar-refractivity contribution >= 4 is 12.4 Å². The molecule has 3 N–H and O–H groups in total. The molecule has 1 saturated heterocycles. The Morgan fingerprint density at radius 2 is 2.00 bits per heavy atom. The zero-order chi connectivity index (χ0) is 20.2. The second-order valence-electron chi connectivity index (χ2n) is 7.29. The van der Waals surface area contributed by atoms with E-state index in [1.807, 2.05) is 37.3 Å². The minimum atomic E-state index is -0.354. The summed E-state index contributed by atoms with van der Waals surface area (Å²) in [6.07, 6.45) is -0.335. The van der Waals surface area contributed by atoms with Gasteiger partial charge in [0.05, 0.1) is 23.0 Å². The molecule has 0 bridgehead atoms. The van der Waals surface area contributed by atoms with E-state index < -0.39 is 0 Å². The monoisotopic (exact) mass is 432 g/mol. The van der Waals surface area contributed by atoms with Crippen LogP contribution in [0.2, 0.25) is 0 Å². The van der Waals surface area contributed by atoms with Crippen molar-refractivity contribution in [3.05, 3.63) is 71.7 Å². The van der Waals surface area contributed by atoms with Gasteiger partial charge in [0.2, 0.25) is 5.88 Å². The molecule has 0 radical (unpaired) electrons. The van der Waals surface area contributed by atoms with Crippen LogP contribution in [0.5, 0.6) is 11.6 Å². The highest BCUT2D eigenvalue weighted by Gasteiger charge is 2.25. The number of rotatable bonds is 7. The Morgan fingerprint density at radius 1 is 1.20 bits per heavy atom. The maximum atomic E-state index is 13.7. The van der Waals surface area contributed by atoms with Crippen molar-refractivity contribution in [3.63, 3.8) is 0 Å². The van der Waals surface area contributed by atoms with Crippen molar-refractivity contribution < 1.29 is 14.2 Å². The molecule has 1 aliphatic rings. The first kappa shape index (κ1) is 22.2. The highest BCUT2D eigenvalue weighted by Crippen LogP contribution is 2.31. The molecule has 2 heterocycles. The fourth-order valence-corrected chi connectivity index (χ4v) is 3.54. The van der Waals surface area contributed by atoms with Crippen molar-refractivity contribution in [3.8, 4) is 17.3 Å². The molecule has 30 heavy (non-hydrogen) atoms. The molecule has 2 aromatic carbocycles. The minimum Gasteiger partial charge on any atom is -0.438 e. The third-order valence-electron chi connectivity index (χ3n) is 5.16. The highest BCUT2D eigenvalue weighted by molar-refractivity contribution is 5.85. The fourth-order valence-electron chi connectivity index (χ4n) is 3.54. The fraction of sp³-hybridized carbons (Fsp3) is 0.318. The van der Waals surface area contributed by atoms with E-state index in [1.54, 1.807) is 16.8 Å². The molecule has 0 saturated carbocycles. The van der Waals surface area contributed by atoms with Gasteiger partial charge in [-0.25, -0.2) is 9.07 Å². The van der Waals surface area contributed by atoms with Crippen LogP contribution in [0.15, 0.2) is 54.6 Å². The van der Waals surface area contributed by atoms with E-state index >= 15 is 0 Å². The van der Waals surface area contributed by atoms with Crippen molar-refractivity contribution in [2.45, 2.75) is 19.6 Å². The Balaban J connectivity index is 0.00000256. The molecule has 0 spiro atoms. The Morgan fingerprint density at radius 3 is 2.70 bits per heavy atom. The van der Waals surface area contributed by atoms with Gasteiger partial charge in [0.15, 0.2) is 0 Å². The minimum absolute atomic E-state index is 0. The van der Waals surface area contributed by atoms with Crippen LogP contribution in [0.4, 0.5) is 4.39 Å². The first-order valence-electron chi connectivity index (χ1n) is 9.78. The van der Waals surface area contributed by atoms with E-state index in [1.165, 1.54) is 12.1 Å². The molecule has 1 fully saturated rings. The first-order chi connectivity index (χ1) is 14.1. The van der Waals surface area contributed by atoms with Gasteiger partial charge in [0, 0.05) is 38.2 Å². The molecule has 4 rings (SSSR count). The van der Waals surface area contributed by atoms with Crippen LogP contribution in [0.1, 0.15) is 11.3 Å². The van der Waals surface area contributed by atoms with E-state index in [0.29, 0.717) is 31.3 Å². The number of aryl methyl sites for hydroxylation is 1. The molecule has 1 aromatic heterocycles. The van der Waals surface area contributed by atoms with Crippen LogP contribution in [0.25, 0.3) is 5.69 Å². The van der Waals surface area contributed by atoms with Crippen LogP contribution in [-0.2, 0) is 6.54 Å². The normalized spacial score (nSPS) is 18.2. The molecule has 8 heteroatoms. The lowest BCUT2D eigenvalue weighted by Crippen LogP contribution is -2.30. The summed E-state index contributed by atoms with van der Waals surface area (Å²) in [7, 11) is 0. The largest absolute Gasteiger partial charge is 0.438 e. The smallest absolute Gasteiger partial charge is 0.227 e. The van der Waals surface area contributed by atoms with Crippen molar-refractivity contribution in [2.24, 2.45) is 5.92 Å². The predicted octanol–water partition coefficient (Wildman–Crippen LogP) is 3.20. The molecule has 160 valence electrons. The molecule has 3 aromatic rings. The average Bonchev–Trinajstić information content (AvgIpc) is 3.26. The Labute approximate surface area is 181 Å². The summed E-state index contributed by atoms with van der Waals surface area (Å²) in [5.74, 6) is 0.787. The third-order valence-corrected chi connectivity index (χ3v) is 5.16. The number of β-amino-alcohol motifs (C(OH)–C–C–N with tert-alkyl or cyclic N) is 1. The summed E-state index contributed by atoms with van der Waals surface area (Å²) >= 11 is 0. The second kappa shape index (κ2) is 10.0. The summed E-state index contributed by atoms with van der Waals surface area (Å²) in [5, 5.41) is 21.3. The van der Waals surface area contributed by atoms with E-state index in [-0.39, 0.29) is 30.2 Å². The molecule has 2 atom stereocenters. The molecular formula is C22H26ClFN4O2. The lowest BCUT2D eigenvalue weighted by atomic mass is 10.1. The number of para-hydroxylation sites is 1. The van der Waals surface area contributed by atoms with E-state index in [2.05, 4.69) is 15.7 Å². The number of halogens is 2. The number of aromatic nitrogens is 2. The number of nitrogens with one attached hydrogen (secondary N) is 2. The van der Waals surface area contributed by atoms with Gasteiger partial charge < -0.3 is 20.5 Å². The lowest BCUT2D eigenvalue weighted by molar-refractivity contribution is 0.146. The van der Waals surface area contributed by atoms with Crippen LogP contribution >= 0.6 is 12.4 Å². The Kier molecular flexibility index (Phi) is 7.44. The van der Waals surface area contributed by atoms with Gasteiger partial charge in [0.1, 0.15) is 11.6 Å². The molecule has 0 amide bonds. The van der Waals surface area contributed by atoms with Gasteiger partial charge in [-0.15, -0.1) is 12.4 Å². The summed E-state index contributed by atoms with van der Waals surface area (Å²) in [5.41, 5.74) is 2.60. The first-order valence-corrected chi connectivity index (χ1v) is 9.78. The van der Waals surface area contributed by atoms with Gasteiger partial charge in [-0.1, -0.05) is 24.3 Å². The topological polar surface area (TPSA) is 71.3 Å². The van der Waals surface area contributed by atoms with Gasteiger partial charge in [0.25, 0.3) is 0 Å². The van der Waals surface area contributed by atoms with Crippen LogP contribution in [-0.4, -0.2) is 40.6 Å². The highest BCUT2D eigenvalue weighted by atomic mass is 35.5. The van der Waals surface area contributed by atoms with Gasteiger partial charge in [-0.2, -0.15) is 5.10 Å². The SMILES string of the molecule is Cc1nn(-c2ccccc2)c(Oc2cccc(F)c2)c1CNCC1CNCC1O.Cl. The van der Waals surface area contributed by atoms with Gasteiger partial charge >= 0.3 is 0 Å². The van der Waals surface area contributed by atoms with Crippen LogP contribution in [0, 0.1) is 18.7 Å². The lowest BCUT2D eigenvalue weighted by Gasteiger charge is -2.15. The van der Waals surface area contributed by atoms with Crippen molar-refractivity contribution in [1.82, 2.24) is 20.4 Å². The average molecular weight is 433 g/mol. The predicted molar refractivity (Wildman–Crippen MR) is 116 cm³/mol. The zero-order valence-corrected chi connectivity index (χ0v) is 17.5. The summed E-state index contributed by atoms with van der Waals surface area (Å²) in [4.78, 5) is 0. The number of ether oxygens (including phenoxy) is 1. The Hall–Kier alpha value is -2.45. The van der Waals surface area contributed by atoms with E-state index in [9.17, 15) is 9.50 Å². The van der Waals surface area contributed by atoms with Crippen molar-refractivity contribution in [2.75, 3.05) is 19.6 Å². The molecule has 2 unspecified atom stereocenters. The number of benzene rings is 2. The number of nitrogens with zero attached hydrogens (tertiary/aromatic N) is 2. The van der Waals surface area contributed by atoms with E-state index in [0.717, 1.165) is 23.5 Å². The summed E-state index contributed by atoms with van der Waals surface area (Å²) < 4.78 is 21.5. The molecule has 0 aliphatic carbocycles. The van der Waals surface area contributed by atoms with Gasteiger partial charge in [-0.05, 0) is 31.2 Å². The summed E-state index contributed by atoms with van der Waals surface area (Å²) in [6.45, 7) is 4.57. The quantitative estimate of drug-likeness (QED) is 0.534. The van der Waals surface area contributed by atoms with E-state index in [4.69, 9.17) is 4.74 Å². The summed E-state index contributed by atoms with van der Waals surface area (Å²) in [6, 6.07) is 15.8. The molecule has 6 nitrogen and oxygen atoms in total. The number of hydrogen-bond acceptors (Lipinski definition) is 5. The zero-order valence-electron chi connectivity index (χ0n) is 16.7. The number of aliphatic hydroxyl groups excluding tert-OH is 1. The molecule has 1 aliphatic heterocycles. The molecular weight excluding hydrogens is 407 g/mol. The van der Waals surface area contributed by atoms with Gasteiger partial charge in [-0.3, -0.25) is 0 Å². The van der Waals surface area contributed by atoms with Crippen LogP contribution < -0.4 is 15.4 Å². The number of aliphatic hydroxyl groups is 1. The Bertz CT molecular complexity index is 967. The second-order valence-corrected chi connectivity index (χ2v) is 7.29.